The van der Waals surface area contributed by atoms with Gasteiger partial charge < -0.3 is 4.90 Å². The Balaban J connectivity index is 1.54. The lowest BCUT2D eigenvalue weighted by Crippen LogP contribution is -2.34. The quantitative estimate of drug-likeness (QED) is 0.695. The highest BCUT2D eigenvalue weighted by Crippen LogP contribution is 2.48. The Labute approximate surface area is 92.0 Å². The summed E-state index contributed by atoms with van der Waals surface area (Å²) < 4.78 is 0. The number of nitrogens with zero attached hydrogens (tertiary/aromatic N) is 1. The predicted octanol–water partition coefficient (Wildman–Crippen LogP) is 2.29. The van der Waals surface area contributed by atoms with E-state index < -0.39 is 0 Å². The molecule has 15 heavy (non-hydrogen) atoms. The van der Waals surface area contributed by atoms with Crippen LogP contribution in [0.1, 0.15) is 38.5 Å². The van der Waals surface area contributed by atoms with Gasteiger partial charge in [-0.2, -0.15) is 0 Å². The highest BCUT2D eigenvalue weighted by molar-refractivity contribution is 5.80. The van der Waals surface area contributed by atoms with Gasteiger partial charge in [-0.25, -0.2) is 0 Å². The minimum absolute atomic E-state index is 0.397. The smallest absolute Gasteiger partial charge is 0.225 e. The predicted molar refractivity (Wildman–Crippen MR) is 59.3 cm³/mol. The van der Waals surface area contributed by atoms with Crippen LogP contribution in [0.2, 0.25) is 0 Å². The van der Waals surface area contributed by atoms with E-state index in [-0.39, 0.29) is 0 Å². The van der Waals surface area contributed by atoms with Crippen molar-refractivity contribution in [3.8, 4) is 0 Å². The van der Waals surface area contributed by atoms with E-state index >= 15 is 0 Å². The van der Waals surface area contributed by atoms with Gasteiger partial charge in [0, 0.05) is 19.5 Å². The number of fused-ring (bicyclic) bond motifs is 2. The van der Waals surface area contributed by atoms with Gasteiger partial charge in [-0.3, -0.25) is 4.79 Å². The van der Waals surface area contributed by atoms with Gasteiger partial charge in [0.05, 0.1) is 0 Å². The molecular weight excluding hydrogens is 186 g/mol. The zero-order valence-corrected chi connectivity index (χ0v) is 9.61. The lowest BCUT2D eigenvalue weighted by molar-refractivity contribution is -0.132. The molecule has 3 fully saturated rings. The van der Waals surface area contributed by atoms with E-state index in [0.717, 1.165) is 37.1 Å². The standard InChI is InChI=1S/C13H21NO/c1-14(13(15)10-4-5-10)8-12-7-9-2-3-11(12)6-9/h9-12H,2-8H2,1H3. The summed E-state index contributed by atoms with van der Waals surface area (Å²) in [6.07, 6.45) is 8.02. The Bertz CT molecular complexity index is 272. The van der Waals surface area contributed by atoms with Crippen molar-refractivity contribution in [3.63, 3.8) is 0 Å². The topological polar surface area (TPSA) is 20.3 Å². The second-order valence-electron chi connectivity index (χ2n) is 5.93. The Morgan fingerprint density at radius 1 is 1.20 bits per heavy atom. The average molecular weight is 207 g/mol. The molecule has 0 N–H and O–H groups in total. The van der Waals surface area contributed by atoms with Crippen molar-refractivity contribution < 1.29 is 4.79 Å². The molecule has 3 aliphatic rings. The van der Waals surface area contributed by atoms with Gasteiger partial charge in [0.15, 0.2) is 0 Å². The molecule has 3 unspecified atom stereocenters. The maximum absolute atomic E-state index is 11.8. The molecule has 0 aliphatic heterocycles. The zero-order valence-electron chi connectivity index (χ0n) is 9.61. The van der Waals surface area contributed by atoms with Crippen LogP contribution in [0.25, 0.3) is 0 Å². The second kappa shape index (κ2) is 3.50. The van der Waals surface area contributed by atoms with Crippen molar-refractivity contribution in [1.29, 1.82) is 0 Å². The molecule has 2 nitrogen and oxygen atoms in total. The fraction of sp³-hybridized carbons (Fsp3) is 0.923. The third-order valence-corrected chi connectivity index (χ3v) is 4.70. The number of rotatable bonds is 3. The Hall–Kier alpha value is -0.530. The van der Waals surface area contributed by atoms with E-state index in [1.807, 2.05) is 11.9 Å². The molecule has 0 spiro atoms. The molecule has 3 rings (SSSR count). The fourth-order valence-corrected chi connectivity index (χ4v) is 3.68. The third-order valence-electron chi connectivity index (χ3n) is 4.70. The minimum Gasteiger partial charge on any atom is -0.345 e. The minimum atomic E-state index is 0.397. The van der Waals surface area contributed by atoms with Crippen molar-refractivity contribution >= 4 is 5.91 Å². The van der Waals surface area contributed by atoms with E-state index in [4.69, 9.17) is 0 Å². The second-order valence-corrected chi connectivity index (χ2v) is 5.93. The van der Waals surface area contributed by atoms with Crippen LogP contribution in [-0.4, -0.2) is 24.4 Å². The molecule has 3 saturated carbocycles. The van der Waals surface area contributed by atoms with Crippen molar-refractivity contribution in [1.82, 2.24) is 4.90 Å². The lowest BCUT2D eigenvalue weighted by atomic mass is 9.88. The van der Waals surface area contributed by atoms with Crippen LogP contribution in [0.4, 0.5) is 0 Å². The maximum Gasteiger partial charge on any atom is 0.225 e. The Morgan fingerprint density at radius 3 is 2.53 bits per heavy atom. The van der Waals surface area contributed by atoms with Crippen LogP contribution in [0, 0.1) is 23.7 Å². The summed E-state index contributed by atoms with van der Waals surface area (Å²) in [6.45, 7) is 1.04. The summed E-state index contributed by atoms with van der Waals surface area (Å²) in [5, 5.41) is 0. The molecule has 0 heterocycles. The van der Waals surface area contributed by atoms with Crippen LogP contribution in [0.15, 0.2) is 0 Å². The van der Waals surface area contributed by atoms with Crippen LogP contribution < -0.4 is 0 Å². The molecular formula is C13H21NO. The Morgan fingerprint density at radius 2 is 2.00 bits per heavy atom. The number of hydrogen-bond donors (Lipinski definition) is 0. The number of carbonyl (C=O) groups is 1. The van der Waals surface area contributed by atoms with Gasteiger partial charge in [0.1, 0.15) is 0 Å². The first-order chi connectivity index (χ1) is 7.24. The van der Waals surface area contributed by atoms with Crippen LogP contribution in [0.3, 0.4) is 0 Å². The molecule has 3 atom stereocenters. The van der Waals surface area contributed by atoms with Gasteiger partial charge >= 0.3 is 0 Å². The summed E-state index contributed by atoms with van der Waals surface area (Å²) in [4.78, 5) is 13.8. The molecule has 0 aromatic carbocycles. The van der Waals surface area contributed by atoms with Gasteiger partial charge in [0.25, 0.3) is 0 Å². The lowest BCUT2D eigenvalue weighted by Gasteiger charge is -2.27. The summed E-state index contributed by atoms with van der Waals surface area (Å²) in [6, 6.07) is 0. The molecule has 0 aromatic heterocycles. The van der Waals surface area contributed by atoms with Crippen molar-refractivity contribution in [3.05, 3.63) is 0 Å². The number of amides is 1. The van der Waals surface area contributed by atoms with Crippen molar-refractivity contribution in [2.45, 2.75) is 38.5 Å². The average Bonchev–Trinajstić information content (AvgIpc) is 2.88. The maximum atomic E-state index is 11.8. The summed E-state index contributed by atoms with van der Waals surface area (Å²) in [7, 11) is 2.01. The molecule has 1 amide bonds. The van der Waals surface area contributed by atoms with Crippen molar-refractivity contribution in [2.75, 3.05) is 13.6 Å². The molecule has 0 aromatic rings. The molecule has 0 radical (unpaired) electrons. The first kappa shape index (κ1) is 9.68. The number of hydrogen-bond acceptors (Lipinski definition) is 1. The van der Waals surface area contributed by atoms with E-state index in [9.17, 15) is 4.79 Å². The van der Waals surface area contributed by atoms with Gasteiger partial charge in [-0.05, 0) is 49.9 Å². The summed E-state index contributed by atoms with van der Waals surface area (Å²) in [5.74, 6) is 3.59. The number of carbonyl (C=O) groups excluding carboxylic acids is 1. The molecule has 2 heteroatoms. The zero-order chi connectivity index (χ0) is 10.4. The van der Waals surface area contributed by atoms with Crippen molar-refractivity contribution in [2.24, 2.45) is 23.7 Å². The highest BCUT2D eigenvalue weighted by atomic mass is 16.2. The normalized spacial score (nSPS) is 38.3. The van der Waals surface area contributed by atoms with E-state index in [1.54, 1.807) is 0 Å². The third kappa shape index (κ3) is 1.79. The first-order valence-electron chi connectivity index (χ1n) is 6.49. The Kier molecular flexibility index (Phi) is 2.26. The monoisotopic (exact) mass is 207 g/mol. The molecule has 0 saturated heterocycles. The van der Waals surface area contributed by atoms with E-state index in [2.05, 4.69) is 0 Å². The molecule has 84 valence electrons. The van der Waals surface area contributed by atoms with Crippen LogP contribution in [-0.2, 0) is 4.79 Å². The van der Waals surface area contributed by atoms with E-state index in [0.29, 0.717) is 11.8 Å². The van der Waals surface area contributed by atoms with Gasteiger partial charge in [-0.15, -0.1) is 0 Å². The summed E-state index contributed by atoms with van der Waals surface area (Å²) in [5.41, 5.74) is 0. The van der Waals surface area contributed by atoms with Gasteiger partial charge in [0.2, 0.25) is 5.91 Å². The molecule has 2 bridgehead atoms. The SMILES string of the molecule is CN(CC1CC2CCC1C2)C(=O)C1CC1. The highest BCUT2D eigenvalue weighted by Gasteiger charge is 2.41. The largest absolute Gasteiger partial charge is 0.345 e. The first-order valence-corrected chi connectivity index (χ1v) is 6.49. The molecule has 3 aliphatic carbocycles. The van der Waals surface area contributed by atoms with Crippen LogP contribution >= 0.6 is 0 Å². The van der Waals surface area contributed by atoms with E-state index in [1.165, 1.54) is 25.7 Å². The van der Waals surface area contributed by atoms with Gasteiger partial charge in [-0.1, -0.05) is 6.42 Å². The van der Waals surface area contributed by atoms with Crippen LogP contribution in [0.5, 0.6) is 0 Å². The summed E-state index contributed by atoms with van der Waals surface area (Å²) >= 11 is 0. The fourth-order valence-electron chi connectivity index (χ4n) is 3.68.